The van der Waals surface area contributed by atoms with Gasteiger partial charge in [0.2, 0.25) is 5.95 Å². The molecule has 1 aliphatic carbocycles. The Bertz CT molecular complexity index is 1410. The van der Waals surface area contributed by atoms with Crippen molar-refractivity contribution in [3.63, 3.8) is 0 Å². The third-order valence-corrected chi connectivity index (χ3v) is 6.29. The number of methoxy groups -OCH3 is 1. The molecule has 12 nitrogen and oxygen atoms in total. The lowest BCUT2D eigenvalue weighted by Crippen LogP contribution is -2.40. The molecule has 0 radical (unpaired) electrons. The summed E-state index contributed by atoms with van der Waals surface area (Å²) in [4.78, 5) is 43.9. The summed E-state index contributed by atoms with van der Waals surface area (Å²) < 4.78 is 36.8. The fourth-order valence-electron chi connectivity index (χ4n) is 4.35. The van der Waals surface area contributed by atoms with Gasteiger partial charge in [-0.1, -0.05) is 18.2 Å². The predicted molar refractivity (Wildman–Crippen MR) is 144 cm³/mol. The number of alkyl halides is 3. The van der Waals surface area contributed by atoms with Crippen molar-refractivity contribution in [2.75, 3.05) is 31.4 Å². The number of nitrogens with zero attached hydrogens (tertiary/aromatic N) is 4. The number of nitrogens with one attached hydrogen (secondary N) is 2. The van der Waals surface area contributed by atoms with Crippen molar-refractivity contribution in [2.45, 2.75) is 43.9 Å². The first kappa shape index (κ1) is 30.8. The Kier molecular flexibility index (Phi) is 9.86. The second-order valence-corrected chi connectivity index (χ2v) is 9.37. The van der Waals surface area contributed by atoms with Crippen LogP contribution in [0.4, 0.5) is 30.6 Å². The number of carboxylic acids is 1. The van der Waals surface area contributed by atoms with Gasteiger partial charge in [0.05, 0.1) is 17.5 Å². The van der Waals surface area contributed by atoms with Gasteiger partial charge in [-0.15, -0.1) is 0 Å². The van der Waals surface area contributed by atoms with E-state index in [1.54, 1.807) is 6.07 Å². The van der Waals surface area contributed by atoms with E-state index < -0.39 is 23.0 Å². The van der Waals surface area contributed by atoms with Crippen LogP contribution in [-0.2, 0) is 4.79 Å². The number of hydrogen-bond acceptors (Lipinski definition) is 9. The fraction of sp³-hybridized carbons (Fsp3) is 0.385. The lowest BCUT2D eigenvalue weighted by atomic mass is 9.91. The predicted octanol–water partition coefficient (Wildman–Crippen LogP) is 4.40. The molecule has 0 spiro atoms. The number of carboxylic acid groups (broad SMARTS) is 1. The number of anilines is 2. The van der Waals surface area contributed by atoms with Crippen molar-refractivity contribution in [3.05, 3.63) is 58.1 Å². The number of fused-ring (bicyclic) bond motifs is 1. The number of nitro benzene ring substituents is 1. The van der Waals surface area contributed by atoms with Crippen LogP contribution in [0.3, 0.4) is 0 Å². The van der Waals surface area contributed by atoms with Crippen LogP contribution < -0.4 is 20.3 Å². The first-order chi connectivity index (χ1) is 19.3. The zero-order valence-corrected chi connectivity index (χ0v) is 22.4. The highest BCUT2D eigenvalue weighted by atomic mass is 19.4. The van der Waals surface area contributed by atoms with E-state index in [2.05, 4.69) is 15.6 Å². The Balaban J connectivity index is 0.000000587. The van der Waals surface area contributed by atoms with Crippen LogP contribution in [0, 0.1) is 10.1 Å². The third kappa shape index (κ3) is 7.93. The van der Waals surface area contributed by atoms with Crippen molar-refractivity contribution in [1.29, 1.82) is 0 Å². The van der Waals surface area contributed by atoms with Crippen LogP contribution in [0.5, 0.6) is 5.75 Å². The molecule has 1 saturated carbocycles. The zero-order chi connectivity index (χ0) is 30.3. The topological polar surface area (TPSA) is 160 Å². The number of aromatic nitrogens is 2. The second kappa shape index (κ2) is 13.1. The number of ether oxygens (including phenoxy) is 1. The van der Waals surface area contributed by atoms with Crippen molar-refractivity contribution >= 4 is 40.2 Å². The van der Waals surface area contributed by atoms with E-state index in [0.29, 0.717) is 5.95 Å². The molecule has 3 N–H and O–H groups in total. The van der Waals surface area contributed by atoms with Crippen LogP contribution in [0.2, 0.25) is 0 Å². The van der Waals surface area contributed by atoms with Gasteiger partial charge in [0.1, 0.15) is 11.4 Å². The molecule has 2 aromatic carbocycles. The number of aliphatic carboxylic acids is 1. The Labute approximate surface area is 232 Å². The molecule has 1 aliphatic rings. The number of carbonyl (C=O) groups is 2. The van der Waals surface area contributed by atoms with E-state index in [0.717, 1.165) is 42.4 Å². The van der Waals surface area contributed by atoms with Gasteiger partial charge < -0.3 is 25.4 Å². The molecule has 1 heterocycles. The van der Waals surface area contributed by atoms with Crippen LogP contribution in [0.1, 0.15) is 36.0 Å². The molecule has 0 unspecified atom stereocenters. The number of rotatable bonds is 7. The molecule has 220 valence electrons. The lowest BCUT2D eigenvalue weighted by molar-refractivity contribution is -0.386. The largest absolute Gasteiger partial charge is 0.490 e. The Morgan fingerprint density at radius 1 is 1.05 bits per heavy atom. The monoisotopic (exact) mass is 578 g/mol. The van der Waals surface area contributed by atoms with E-state index in [1.807, 2.05) is 43.3 Å². The normalized spacial score (nSPS) is 16.6. The van der Waals surface area contributed by atoms with Crippen molar-refractivity contribution < 1.29 is 37.5 Å². The van der Waals surface area contributed by atoms with Gasteiger partial charge in [-0.3, -0.25) is 14.9 Å². The maximum Gasteiger partial charge on any atom is 0.490 e. The van der Waals surface area contributed by atoms with Gasteiger partial charge in [-0.25, -0.2) is 9.78 Å². The van der Waals surface area contributed by atoms with Gasteiger partial charge in [-0.05, 0) is 49.9 Å². The smallest absolute Gasteiger partial charge is 0.490 e. The van der Waals surface area contributed by atoms with Crippen molar-refractivity contribution in [1.82, 2.24) is 15.3 Å². The number of hydrogen-bond donors (Lipinski definition) is 3. The van der Waals surface area contributed by atoms with Gasteiger partial charge in [0.25, 0.3) is 5.91 Å². The number of nitro groups is 1. The molecule has 1 amide bonds. The summed E-state index contributed by atoms with van der Waals surface area (Å²) >= 11 is 0. The number of amides is 1. The highest BCUT2D eigenvalue weighted by Crippen LogP contribution is 2.31. The molecule has 4 rings (SSSR count). The highest BCUT2D eigenvalue weighted by molar-refractivity contribution is 5.99. The standard InChI is InChI=1S/C24H28N6O4.C2HF3O2/c1-29(2)22-17-7-4-5-9-19(17)27-24(28-22)26-16-13-11-15(12-14-16)25-23(31)18-8-6-10-20(34-3)21(18)30(32)33;3-2(4,5)1(6)7/h4-10,15-16H,11-14H2,1-3H3,(H,25,31)(H,26,27,28);(H,6,7). The summed E-state index contributed by atoms with van der Waals surface area (Å²) in [5.74, 6) is -1.71. The maximum absolute atomic E-state index is 12.8. The van der Waals surface area contributed by atoms with Crippen LogP contribution in [0.25, 0.3) is 10.9 Å². The number of carbonyl (C=O) groups excluding carboxylic acids is 1. The Hall–Kier alpha value is -4.69. The van der Waals surface area contributed by atoms with E-state index >= 15 is 0 Å². The quantitative estimate of drug-likeness (QED) is 0.271. The zero-order valence-electron chi connectivity index (χ0n) is 22.4. The minimum absolute atomic E-state index is 0.00498. The molecule has 3 aromatic rings. The van der Waals surface area contributed by atoms with Crippen LogP contribution in [-0.4, -0.2) is 71.3 Å². The summed E-state index contributed by atoms with van der Waals surface area (Å²) in [5.41, 5.74) is 0.568. The third-order valence-electron chi connectivity index (χ3n) is 6.29. The first-order valence-corrected chi connectivity index (χ1v) is 12.4. The summed E-state index contributed by atoms with van der Waals surface area (Å²) in [6.45, 7) is 0. The summed E-state index contributed by atoms with van der Waals surface area (Å²) in [6.07, 6.45) is -1.96. The van der Waals surface area contributed by atoms with Crippen molar-refractivity contribution in [2.24, 2.45) is 0 Å². The van der Waals surface area contributed by atoms with Gasteiger partial charge in [0.15, 0.2) is 5.75 Å². The van der Waals surface area contributed by atoms with E-state index in [9.17, 15) is 28.1 Å². The van der Waals surface area contributed by atoms with Gasteiger partial charge in [-0.2, -0.15) is 18.2 Å². The SMILES string of the molecule is COc1cccc(C(=O)NC2CCC(Nc3nc(N(C)C)c4ccccc4n3)CC2)c1[N+](=O)[O-].O=C(O)C(F)(F)F. The number of benzene rings is 2. The fourth-order valence-corrected chi connectivity index (χ4v) is 4.35. The van der Waals surface area contributed by atoms with Gasteiger partial charge >= 0.3 is 17.8 Å². The summed E-state index contributed by atoms with van der Waals surface area (Å²) in [6, 6.07) is 12.5. The summed E-state index contributed by atoms with van der Waals surface area (Å²) in [5, 5.41) is 26.0. The molecule has 1 aromatic heterocycles. The van der Waals surface area contributed by atoms with E-state index in [-0.39, 0.29) is 29.1 Å². The highest BCUT2D eigenvalue weighted by Gasteiger charge is 2.38. The molecule has 0 bridgehead atoms. The Morgan fingerprint density at radius 2 is 1.66 bits per heavy atom. The van der Waals surface area contributed by atoms with Crippen LogP contribution in [0.15, 0.2) is 42.5 Å². The lowest BCUT2D eigenvalue weighted by Gasteiger charge is -2.30. The first-order valence-electron chi connectivity index (χ1n) is 12.4. The van der Waals surface area contributed by atoms with E-state index in [4.69, 9.17) is 19.6 Å². The average Bonchev–Trinajstić information content (AvgIpc) is 2.92. The molecule has 15 heteroatoms. The summed E-state index contributed by atoms with van der Waals surface area (Å²) in [7, 11) is 5.26. The Morgan fingerprint density at radius 3 is 2.22 bits per heavy atom. The van der Waals surface area contributed by atoms with Crippen LogP contribution >= 0.6 is 0 Å². The van der Waals surface area contributed by atoms with E-state index in [1.165, 1.54) is 19.2 Å². The number of para-hydroxylation sites is 2. The molecule has 0 aliphatic heterocycles. The van der Waals surface area contributed by atoms with Crippen molar-refractivity contribution in [3.8, 4) is 5.75 Å². The number of halogens is 3. The maximum atomic E-state index is 12.8. The molecular formula is C26H29F3N6O6. The molecule has 1 fully saturated rings. The molecular weight excluding hydrogens is 549 g/mol. The molecule has 41 heavy (non-hydrogen) atoms. The minimum atomic E-state index is -5.08. The second-order valence-electron chi connectivity index (χ2n) is 9.37. The molecule has 0 atom stereocenters. The average molecular weight is 579 g/mol. The molecule has 0 saturated heterocycles. The minimum Gasteiger partial charge on any atom is -0.490 e. The van der Waals surface area contributed by atoms with Gasteiger partial charge in [0, 0.05) is 31.6 Å².